The Morgan fingerprint density at radius 1 is 1.02 bits per heavy atom. The first-order valence-corrected chi connectivity index (χ1v) is 16.8. The van der Waals surface area contributed by atoms with E-state index < -0.39 is 5.97 Å². The first-order valence-electron chi connectivity index (χ1n) is 15.9. The largest absolute Gasteiger partial charge is 0.481 e. The molecular weight excluding hydrogens is 572 g/mol. The van der Waals surface area contributed by atoms with E-state index in [1.54, 1.807) is 0 Å². The summed E-state index contributed by atoms with van der Waals surface area (Å²) in [5, 5.41) is 7.42. The number of rotatable bonds is 4. The molecule has 0 amide bonds. The van der Waals surface area contributed by atoms with E-state index in [2.05, 4.69) is 36.7 Å². The molecule has 4 rings (SSSR count). The maximum atomic E-state index is 13.9. The molecule has 6 nitrogen and oxygen atoms in total. The molecular formula is C33H59BrO6. The van der Waals surface area contributed by atoms with E-state index in [1.165, 1.54) is 20.0 Å². The summed E-state index contributed by atoms with van der Waals surface area (Å²) in [5.41, 5.74) is -0.239. The molecule has 0 aromatic rings. The number of hydrogen-bond donors (Lipinski definition) is 1. The van der Waals surface area contributed by atoms with Gasteiger partial charge in [0.1, 0.15) is 5.78 Å². The Hall–Kier alpha value is -1.24. The molecule has 9 atom stereocenters. The van der Waals surface area contributed by atoms with Gasteiger partial charge >= 0.3 is 5.97 Å². The fourth-order valence-corrected chi connectivity index (χ4v) is 9.28. The number of aliphatic carboxylic acids is 1. The second-order valence-corrected chi connectivity index (χ2v) is 12.6. The van der Waals surface area contributed by atoms with Crippen molar-refractivity contribution in [2.24, 2.45) is 46.3 Å². The number of halogens is 1. The van der Waals surface area contributed by atoms with Gasteiger partial charge in [0.05, 0.1) is 11.9 Å². The number of carbonyl (C=O) groups is 4. The number of Topliss-reactive ketones (excluding diaryl/α,β-unsaturated/α-hetero) is 2. The van der Waals surface area contributed by atoms with Gasteiger partial charge in [-0.3, -0.25) is 19.2 Å². The summed E-state index contributed by atoms with van der Waals surface area (Å²) in [4.78, 5) is 47.9. The number of carboxylic acids is 1. The summed E-state index contributed by atoms with van der Waals surface area (Å²) in [5.74, 6) is 0.724. The zero-order chi connectivity index (χ0) is 31.4. The van der Waals surface area contributed by atoms with Gasteiger partial charge in [-0.1, -0.05) is 91.1 Å². The number of esters is 1. The van der Waals surface area contributed by atoms with Crippen molar-refractivity contribution in [1.82, 2.24) is 0 Å². The lowest BCUT2D eigenvalue weighted by molar-refractivity contribution is -0.166. The molecule has 0 aromatic heterocycles. The van der Waals surface area contributed by atoms with Crippen LogP contribution in [0.15, 0.2) is 0 Å². The van der Waals surface area contributed by atoms with E-state index in [9.17, 15) is 14.4 Å². The number of alkyl halides is 1. The maximum Gasteiger partial charge on any atom is 0.305 e. The van der Waals surface area contributed by atoms with Gasteiger partial charge in [-0.2, -0.15) is 0 Å². The highest BCUT2D eigenvalue weighted by Crippen LogP contribution is 2.67. The van der Waals surface area contributed by atoms with Crippen molar-refractivity contribution in [2.75, 3.05) is 7.11 Å². The predicted molar refractivity (Wildman–Crippen MR) is 166 cm³/mol. The molecule has 0 saturated heterocycles. The van der Waals surface area contributed by atoms with E-state index in [0.717, 1.165) is 39.0 Å². The SMILES string of the molecule is CC.CC.CC.CC(=O)O.COC(=O)CC[C@@H](C)C1CCC2C3C(=O)CC4CCCCC4(C)C3C(=O)C(Br)C21C. The van der Waals surface area contributed by atoms with Crippen molar-refractivity contribution >= 4 is 39.4 Å². The van der Waals surface area contributed by atoms with Crippen molar-refractivity contribution < 1.29 is 29.0 Å². The van der Waals surface area contributed by atoms with Crippen LogP contribution in [-0.2, 0) is 23.9 Å². The molecule has 1 N–H and O–H groups in total. The zero-order valence-electron chi connectivity index (χ0n) is 27.3. The Morgan fingerprint density at radius 2 is 1.57 bits per heavy atom. The highest BCUT2D eigenvalue weighted by atomic mass is 79.9. The Bertz CT molecular complexity index is 824. The molecule has 0 aliphatic heterocycles. The molecule has 234 valence electrons. The third-order valence-corrected chi connectivity index (χ3v) is 11.4. The summed E-state index contributed by atoms with van der Waals surface area (Å²) >= 11 is 3.89. The van der Waals surface area contributed by atoms with Crippen LogP contribution in [0.25, 0.3) is 0 Å². The van der Waals surface area contributed by atoms with Gasteiger partial charge in [-0.15, -0.1) is 0 Å². The van der Waals surface area contributed by atoms with E-state index in [0.29, 0.717) is 36.4 Å². The Kier molecular flexibility index (Phi) is 17.1. The summed E-state index contributed by atoms with van der Waals surface area (Å²) in [6.07, 6.45) is 8.48. The highest BCUT2D eigenvalue weighted by Gasteiger charge is 2.68. The second-order valence-electron chi connectivity index (χ2n) is 11.7. The van der Waals surface area contributed by atoms with Gasteiger partial charge in [-0.25, -0.2) is 0 Å². The summed E-state index contributed by atoms with van der Waals surface area (Å²) < 4.78 is 4.83. The predicted octanol–water partition coefficient (Wildman–Crippen LogP) is 8.53. The second kappa shape index (κ2) is 17.7. The number of hydrogen-bond acceptors (Lipinski definition) is 5. The lowest BCUT2D eigenvalue weighted by atomic mass is 9.44. The molecule has 0 bridgehead atoms. The Labute approximate surface area is 253 Å². The molecule has 0 aromatic carbocycles. The topological polar surface area (TPSA) is 97.7 Å². The number of fused-ring (bicyclic) bond motifs is 5. The molecule has 0 heterocycles. The van der Waals surface area contributed by atoms with Crippen molar-refractivity contribution in [3.8, 4) is 0 Å². The van der Waals surface area contributed by atoms with Crippen LogP contribution >= 0.6 is 15.9 Å². The molecule has 4 fully saturated rings. The summed E-state index contributed by atoms with van der Waals surface area (Å²) in [7, 11) is 1.43. The van der Waals surface area contributed by atoms with E-state index >= 15 is 0 Å². The van der Waals surface area contributed by atoms with Crippen molar-refractivity contribution in [1.29, 1.82) is 0 Å². The van der Waals surface area contributed by atoms with Crippen LogP contribution in [0.5, 0.6) is 0 Å². The minimum atomic E-state index is -0.833. The zero-order valence-corrected chi connectivity index (χ0v) is 28.9. The lowest BCUT2D eigenvalue weighted by Gasteiger charge is -2.60. The van der Waals surface area contributed by atoms with Crippen LogP contribution in [0.4, 0.5) is 0 Å². The normalized spacial score (nSPS) is 36.0. The lowest BCUT2D eigenvalue weighted by Crippen LogP contribution is -2.64. The quantitative estimate of drug-likeness (QED) is 0.247. The number of ketones is 2. The minimum Gasteiger partial charge on any atom is -0.481 e. The molecule has 40 heavy (non-hydrogen) atoms. The number of ether oxygens (including phenoxy) is 1. The maximum absolute atomic E-state index is 13.9. The number of methoxy groups -OCH3 is 1. The van der Waals surface area contributed by atoms with Crippen LogP contribution in [0, 0.1) is 46.3 Å². The fourth-order valence-electron chi connectivity index (χ4n) is 8.32. The third kappa shape index (κ3) is 7.98. The van der Waals surface area contributed by atoms with Crippen LogP contribution in [0.3, 0.4) is 0 Å². The smallest absolute Gasteiger partial charge is 0.305 e. The van der Waals surface area contributed by atoms with Gasteiger partial charge in [0.25, 0.3) is 5.97 Å². The molecule has 0 spiro atoms. The van der Waals surface area contributed by atoms with Crippen molar-refractivity contribution in [3.05, 3.63) is 0 Å². The van der Waals surface area contributed by atoms with Crippen LogP contribution in [0.1, 0.15) is 127 Å². The van der Waals surface area contributed by atoms with Crippen molar-refractivity contribution in [2.45, 2.75) is 132 Å². The number of carboxylic acid groups (broad SMARTS) is 1. The van der Waals surface area contributed by atoms with Crippen LogP contribution in [0.2, 0.25) is 0 Å². The molecule has 7 heteroatoms. The molecule has 0 radical (unpaired) electrons. The summed E-state index contributed by atoms with van der Waals surface area (Å²) in [6, 6.07) is 0. The first-order chi connectivity index (χ1) is 18.9. The van der Waals surface area contributed by atoms with Crippen molar-refractivity contribution in [3.63, 3.8) is 0 Å². The highest BCUT2D eigenvalue weighted by molar-refractivity contribution is 9.10. The summed E-state index contributed by atoms with van der Waals surface area (Å²) in [6.45, 7) is 19.9. The van der Waals surface area contributed by atoms with Gasteiger partial charge in [-0.05, 0) is 66.6 Å². The Morgan fingerprint density at radius 3 is 2.10 bits per heavy atom. The molecule has 4 saturated carbocycles. The van der Waals surface area contributed by atoms with Gasteiger partial charge in [0, 0.05) is 31.6 Å². The van der Waals surface area contributed by atoms with Gasteiger partial charge in [0.2, 0.25) is 0 Å². The van der Waals surface area contributed by atoms with E-state index in [-0.39, 0.29) is 45.2 Å². The van der Waals surface area contributed by atoms with Crippen LogP contribution in [-0.4, -0.2) is 40.5 Å². The van der Waals surface area contributed by atoms with Gasteiger partial charge < -0.3 is 9.84 Å². The fraction of sp³-hybridized carbons (Fsp3) is 0.879. The molecule has 4 aliphatic rings. The number of carbonyl (C=O) groups excluding carboxylic acids is 3. The average Bonchev–Trinajstić information content (AvgIpc) is 3.31. The monoisotopic (exact) mass is 630 g/mol. The van der Waals surface area contributed by atoms with E-state index in [1.807, 2.05) is 41.5 Å². The molecule has 4 aliphatic carbocycles. The molecule has 8 unspecified atom stereocenters. The van der Waals surface area contributed by atoms with E-state index in [4.69, 9.17) is 14.6 Å². The van der Waals surface area contributed by atoms with Gasteiger partial charge in [0.15, 0.2) is 5.78 Å². The standard InChI is InChI=1S/C25H37BrO4.C2H4O2.3C2H6/c1-14(8-11-19(28)30-4)16-9-10-17-20-18(27)13-15-7-5-6-12-24(15,2)21(20)22(29)23(26)25(16,17)3;1-2(3)4;3*1-2/h14-17,20-21,23H,5-13H2,1-4H3;1H3,(H,3,4);3*1-2H3/t14-,15?,16?,17?,20?,21?,23?,24?,25?;;;;/m1..../s1. The third-order valence-electron chi connectivity index (χ3n) is 9.98. The van der Waals surface area contributed by atoms with Crippen LogP contribution < -0.4 is 0 Å². The average molecular weight is 632 g/mol. The first kappa shape index (κ1) is 38.8. The minimum absolute atomic E-state index is 0.0180. The Balaban J connectivity index is 0.00000135.